The predicted octanol–water partition coefficient (Wildman–Crippen LogP) is 3.58. The van der Waals surface area contributed by atoms with Crippen molar-refractivity contribution >= 4 is 29.2 Å². The van der Waals surface area contributed by atoms with Crippen LogP contribution in [0.4, 0.5) is 11.4 Å². The van der Waals surface area contributed by atoms with Crippen LogP contribution < -0.4 is 0 Å². The molecule has 6 nitrogen and oxygen atoms in total. The Morgan fingerprint density at radius 2 is 2.14 bits per heavy atom. The number of hydrogen-bond acceptors (Lipinski definition) is 5. The van der Waals surface area contributed by atoms with Crippen molar-refractivity contribution in [1.82, 2.24) is 0 Å². The van der Waals surface area contributed by atoms with Crippen LogP contribution in [0.25, 0.3) is 0 Å². The molecular formula is C14H8ClN3O3. The highest BCUT2D eigenvalue weighted by atomic mass is 35.5. The molecule has 0 aromatic heterocycles. The maximum atomic E-state index is 10.8. The molecular weight excluding hydrogens is 294 g/mol. The second-order valence-corrected chi connectivity index (χ2v) is 4.48. The minimum atomic E-state index is -0.727. The third kappa shape index (κ3) is 3.35. The molecule has 21 heavy (non-hydrogen) atoms. The molecule has 0 aliphatic carbocycles. The van der Waals surface area contributed by atoms with E-state index in [1.165, 1.54) is 12.3 Å². The van der Waals surface area contributed by atoms with Crippen molar-refractivity contribution in [2.24, 2.45) is 4.99 Å². The molecule has 1 N–H and O–H groups in total. The smallest absolute Gasteiger partial charge is 0.312 e. The van der Waals surface area contributed by atoms with E-state index in [1.54, 1.807) is 24.3 Å². The lowest BCUT2D eigenvalue weighted by molar-refractivity contribution is -0.385. The molecule has 0 amide bonds. The van der Waals surface area contributed by atoms with Gasteiger partial charge in [0.05, 0.1) is 22.2 Å². The summed E-state index contributed by atoms with van der Waals surface area (Å²) in [6.07, 6.45) is 1.25. The third-order valence-corrected chi connectivity index (χ3v) is 2.83. The first kappa shape index (κ1) is 14.5. The average molecular weight is 302 g/mol. The van der Waals surface area contributed by atoms with Crippen LogP contribution in [0.5, 0.6) is 5.75 Å². The number of nitro groups is 1. The van der Waals surface area contributed by atoms with Crippen LogP contribution in [0, 0.1) is 21.4 Å². The van der Waals surface area contributed by atoms with E-state index in [-0.39, 0.29) is 10.6 Å². The average Bonchev–Trinajstić information content (AvgIpc) is 2.47. The standard InChI is InChI=1S/C14H8ClN3O3/c15-11-5-10(14(19)13(6-11)18(20)21)8-17-12-3-1-2-9(4-12)7-16/h1-6,8,19H. The van der Waals surface area contributed by atoms with Crippen LogP contribution in [0.3, 0.4) is 0 Å². The minimum Gasteiger partial charge on any atom is -0.502 e. The lowest BCUT2D eigenvalue weighted by Crippen LogP contribution is -1.92. The minimum absolute atomic E-state index is 0.117. The highest BCUT2D eigenvalue weighted by Crippen LogP contribution is 2.32. The summed E-state index contributed by atoms with van der Waals surface area (Å²) in [7, 11) is 0. The molecule has 0 atom stereocenters. The summed E-state index contributed by atoms with van der Waals surface area (Å²) in [5.74, 6) is -0.510. The number of hydrogen-bond donors (Lipinski definition) is 1. The summed E-state index contributed by atoms with van der Waals surface area (Å²) in [5.41, 5.74) is 0.549. The molecule has 0 radical (unpaired) electrons. The van der Waals surface area contributed by atoms with Crippen molar-refractivity contribution in [3.05, 3.63) is 62.7 Å². The number of aliphatic imine (C=N–C) groups is 1. The van der Waals surface area contributed by atoms with Crippen molar-refractivity contribution in [3.63, 3.8) is 0 Å². The molecule has 2 aromatic carbocycles. The Kier molecular flexibility index (Phi) is 4.16. The zero-order chi connectivity index (χ0) is 15.4. The zero-order valence-electron chi connectivity index (χ0n) is 10.5. The molecule has 0 aliphatic heterocycles. The van der Waals surface area contributed by atoms with Gasteiger partial charge in [0.25, 0.3) is 0 Å². The molecule has 0 heterocycles. The second kappa shape index (κ2) is 6.03. The molecule has 0 spiro atoms. The van der Waals surface area contributed by atoms with Gasteiger partial charge in [-0.25, -0.2) is 0 Å². The van der Waals surface area contributed by atoms with Crippen LogP contribution in [0.2, 0.25) is 5.02 Å². The number of aromatic hydroxyl groups is 1. The van der Waals surface area contributed by atoms with Crippen LogP contribution in [-0.2, 0) is 0 Å². The van der Waals surface area contributed by atoms with Gasteiger partial charge in [-0.05, 0) is 24.3 Å². The van der Waals surface area contributed by atoms with Gasteiger partial charge in [0, 0.05) is 22.9 Å². The first-order valence-corrected chi connectivity index (χ1v) is 6.10. The fraction of sp³-hybridized carbons (Fsp3) is 0. The van der Waals surface area contributed by atoms with Gasteiger partial charge in [-0.3, -0.25) is 15.1 Å². The van der Waals surface area contributed by atoms with Gasteiger partial charge in [0.1, 0.15) is 0 Å². The summed E-state index contributed by atoms with van der Waals surface area (Å²) < 4.78 is 0. The maximum Gasteiger partial charge on any atom is 0.312 e. The van der Waals surface area contributed by atoms with Crippen LogP contribution in [0.15, 0.2) is 41.4 Å². The van der Waals surface area contributed by atoms with Gasteiger partial charge in [0.2, 0.25) is 5.75 Å². The van der Waals surface area contributed by atoms with Gasteiger partial charge >= 0.3 is 5.69 Å². The summed E-state index contributed by atoms with van der Waals surface area (Å²) in [6, 6.07) is 10.9. The number of phenolic OH excluding ortho intramolecular Hbond substituents is 1. The van der Waals surface area contributed by atoms with Gasteiger partial charge < -0.3 is 5.11 Å². The number of phenols is 1. The highest BCUT2D eigenvalue weighted by molar-refractivity contribution is 6.31. The normalized spacial score (nSPS) is 10.5. The third-order valence-electron chi connectivity index (χ3n) is 2.61. The summed E-state index contributed by atoms with van der Waals surface area (Å²) in [6.45, 7) is 0. The maximum absolute atomic E-state index is 10.8. The zero-order valence-corrected chi connectivity index (χ0v) is 11.3. The molecule has 0 saturated heterocycles. The van der Waals surface area contributed by atoms with Crippen molar-refractivity contribution in [1.29, 1.82) is 5.26 Å². The van der Waals surface area contributed by atoms with Crippen LogP contribution >= 0.6 is 11.6 Å². The first-order valence-electron chi connectivity index (χ1n) is 5.72. The van der Waals surface area contributed by atoms with E-state index in [1.807, 2.05) is 6.07 Å². The predicted molar refractivity (Wildman–Crippen MR) is 78.2 cm³/mol. The monoisotopic (exact) mass is 301 g/mol. The van der Waals surface area contributed by atoms with Crippen molar-refractivity contribution in [3.8, 4) is 11.8 Å². The Morgan fingerprint density at radius 3 is 2.81 bits per heavy atom. The van der Waals surface area contributed by atoms with E-state index in [0.29, 0.717) is 11.3 Å². The Balaban J connectivity index is 2.41. The quantitative estimate of drug-likeness (QED) is 0.532. The molecule has 0 aliphatic rings. The summed E-state index contributed by atoms with van der Waals surface area (Å²) >= 11 is 5.78. The SMILES string of the molecule is N#Cc1cccc(N=Cc2cc(Cl)cc([N+](=O)[O-])c2O)c1. The number of nitriles is 1. The number of benzene rings is 2. The lowest BCUT2D eigenvalue weighted by atomic mass is 10.2. The number of nitro benzene ring substituents is 1. The molecule has 2 rings (SSSR count). The van der Waals surface area contributed by atoms with Gasteiger partial charge in [-0.2, -0.15) is 5.26 Å². The van der Waals surface area contributed by atoms with E-state index in [9.17, 15) is 15.2 Å². The summed E-state index contributed by atoms with van der Waals surface area (Å²) in [5, 5.41) is 29.5. The molecule has 0 saturated carbocycles. The molecule has 0 bridgehead atoms. The fourth-order valence-electron chi connectivity index (χ4n) is 1.64. The Labute approximate surface area is 124 Å². The van der Waals surface area contributed by atoms with E-state index in [4.69, 9.17) is 16.9 Å². The van der Waals surface area contributed by atoms with E-state index < -0.39 is 16.4 Å². The van der Waals surface area contributed by atoms with Crippen molar-refractivity contribution in [2.45, 2.75) is 0 Å². The van der Waals surface area contributed by atoms with Crippen LogP contribution in [0.1, 0.15) is 11.1 Å². The number of halogens is 1. The largest absolute Gasteiger partial charge is 0.502 e. The first-order chi connectivity index (χ1) is 10.0. The number of rotatable bonds is 3. The number of nitrogens with zero attached hydrogens (tertiary/aromatic N) is 3. The van der Waals surface area contributed by atoms with Gasteiger partial charge in [-0.1, -0.05) is 17.7 Å². The Bertz CT molecular complexity index is 782. The topological polar surface area (TPSA) is 99.5 Å². The van der Waals surface area contributed by atoms with Crippen molar-refractivity contribution < 1.29 is 10.0 Å². The fourth-order valence-corrected chi connectivity index (χ4v) is 1.86. The van der Waals surface area contributed by atoms with Crippen molar-refractivity contribution in [2.75, 3.05) is 0 Å². The Morgan fingerprint density at radius 1 is 1.38 bits per heavy atom. The van der Waals surface area contributed by atoms with E-state index in [2.05, 4.69) is 4.99 Å². The molecule has 0 unspecified atom stereocenters. The van der Waals surface area contributed by atoms with E-state index >= 15 is 0 Å². The lowest BCUT2D eigenvalue weighted by Gasteiger charge is -2.01. The summed E-state index contributed by atoms with van der Waals surface area (Å²) in [4.78, 5) is 14.1. The van der Waals surface area contributed by atoms with Gasteiger partial charge in [0.15, 0.2) is 0 Å². The molecule has 7 heteroatoms. The Hall–Kier alpha value is -2.91. The molecule has 2 aromatic rings. The van der Waals surface area contributed by atoms with Crippen LogP contribution in [-0.4, -0.2) is 16.2 Å². The second-order valence-electron chi connectivity index (χ2n) is 4.04. The highest BCUT2D eigenvalue weighted by Gasteiger charge is 2.17. The van der Waals surface area contributed by atoms with E-state index in [0.717, 1.165) is 6.07 Å². The van der Waals surface area contributed by atoms with Gasteiger partial charge in [-0.15, -0.1) is 0 Å². The molecule has 104 valence electrons. The molecule has 0 fully saturated rings.